The summed E-state index contributed by atoms with van der Waals surface area (Å²) in [5.74, 6) is 0.975. The first-order chi connectivity index (χ1) is 10.3. The van der Waals surface area contributed by atoms with Crippen molar-refractivity contribution < 1.29 is 9.47 Å². The predicted molar refractivity (Wildman–Crippen MR) is 85.9 cm³/mol. The molecule has 2 unspecified atom stereocenters. The van der Waals surface area contributed by atoms with E-state index in [-0.39, 0.29) is 12.1 Å². The van der Waals surface area contributed by atoms with E-state index in [2.05, 4.69) is 42.4 Å². The van der Waals surface area contributed by atoms with Crippen molar-refractivity contribution in [2.24, 2.45) is 0 Å². The Morgan fingerprint density at radius 3 is 2.90 bits per heavy atom. The molecule has 0 aliphatic carbocycles. The largest absolute Gasteiger partial charge is 0.494 e. The third-order valence-corrected chi connectivity index (χ3v) is 3.91. The molecule has 0 saturated carbocycles. The topological polar surface area (TPSA) is 33.7 Å². The Morgan fingerprint density at radius 2 is 2.14 bits per heavy atom. The maximum atomic E-state index is 6.04. The van der Waals surface area contributed by atoms with Crippen molar-refractivity contribution >= 4 is 0 Å². The van der Waals surface area contributed by atoms with E-state index in [9.17, 15) is 0 Å². The summed E-state index contributed by atoms with van der Waals surface area (Å²) in [6, 6.07) is 8.57. The number of morpholine rings is 1. The van der Waals surface area contributed by atoms with Crippen molar-refractivity contribution in [3.05, 3.63) is 29.8 Å². The fourth-order valence-corrected chi connectivity index (χ4v) is 2.90. The summed E-state index contributed by atoms with van der Waals surface area (Å²) in [5.41, 5.74) is 1.23. The summed E-state index contributed by atoms with van der Waals surface area (Å²) in [7, 11) is 2.17. The number of likely N-dealkylation sites (N-methyl/N-ethyl adjacent to an activating group) is 1. The van der Waals surface area contributed by atoms with Crippen LogP contribution in [-0.2, 0) is 4.74 Å². The molecule has 4 nitrogen and oxygen atoms in total. The van der Waals surface area contributed by atoms with Crippen molar-refractivity contribution in [3.8, 4) is 5.75 Å². The molecule has 2 atom stereocenters. The van der Waals surface area contributed by atoms with Crippen LogP contribution in [-0.4, -0.2) is 50.9 Å². The minimum atomic E-state index is 0.164. The Balaban J connectivity index is 2.19. The van der Waals surface area contributed by atoms with Crippen LogP contribution >= 0.6 is 0 Å². The molecule has 1 N–H and O–H groups in total. The molecule has 0 spiro atoms. The number of nitrogens with zero attached hydrogens (tertiary/aromatic N) is 1. The lowest BCUT2D eigenvalue weighted by Crippen LogP contribution is -2.47. The van der Waals surface area contributed by atoms with Crippen LogP contribution in [0.3, 0.4) is 0 Å². The Morgan fingerprint density at radius 1 is 1.33 bits per heavy atom. The predicted octanol–water partition coefficient (Wildman–Crippen LogP) is 2.46. The number of ether oxygens (including phenoxy) is 2. The lowest BCUT2D eigenvalue weighted by molar-refractivity contribution is -0.0619. The van der Waals surface area contributed by atoms with Gasteiger partial charge in [0.25, 0.3) is 0 Å². The van der Waals surface area contributed by atoms with E-state index in [1.165, 1.54) is 5.56 Å². The fourth-order valence-electron chi connectivity index (χ4n) is 2.90. The van der Waals surface area contributed by atoms with Gasteiger partial charge in [0.2, 0.25) is 0 Å². The Labute approximate surface area is 128 Å². The third-order valence-electron chi connectivity index (χ3n) is 3.91. The molecule has 1 saturated heterocycles. The van der Waals surface area contributed by atoms with Gasteiger partial charge in [-0.2, -0.15) is 0 Å². The van der Waals surface area contributed by atoms with Crippen molar-refractivity contribution in [1.29, 1.82) is 0 Å². The molecular formula is C17H28N2O2. The summed E-state index contributed by atoms with van der Waals surface area (Å²) in [5, 5.41) is 3.48. The van der Waals surface area contributed by atoms with Crippen LogP contribution in [0.15, 0.2) is 24.3 Å². The standard InChI is InChI=1S/C17H28N2O2/c1-4-10-18-13-16-17(19(3)11-12-21-16)14-8-6-7-9-15(14)20-5-2/h6-9,16-18H,4-5,10-13H2,1-3H3. The molecule has 4 heteroatoms. The van der Waals surface area contributed by atoms with Crippen LogP contribution in [0.1, 0.15) is 31.9 Å². The van der Waals surface area contributed by atoms with Crippen LogP contribution in [0, 0.1) is 0 Å². The Kier molecular flexibility index (Phi) is 6.49. The van der Waals surface area contributed by atoms with Gasteiger partial charge in [0.05, 0.1) is 25.4 Å². The van der Waals surface area contributed by atoms with Crippen LogP contribution in [0.4, 0.5) is 0 Å². The van der Waals surface area contributed by atoms with Gasteiger partial charge < -0.3 is 14.8 Å². The highest BCUT2D eigenvalue weighted by atomic mass is 16.5. The SMILES string of the molecule is CCCNCC1OCCN(C)C1c1ccccc1OCC. The van der Waals surface area contributed by atoms with Gasteiger partial charge in [-0.3, -0.25) is 4.90 Å². The van der Waals surface area contributed by atoms with Gasteiger partial charge in [-0.05, 0) is 33.0 Å². The molecule has 0 radical (unpaired) electrons. The van der Waals surface area contributed by atoms with Crippen molar-refractivity contribution in [3.63, 3.8) is 0 Å². The zero-order valence-electron chi connectivity index (χ0n) is 13.5. The van der Waals surface area contributed by atoms with E-state index in [0.29, 0.717) is 6.61 Å². The number of hydrogen-bond acceptors (Lipinski definition) is 4. The first kappa shape index (κ1) is 16.3. The number of rotatable bonds is 7. The second-order valence-electron chi connectivity index (χ2n) is 5.51. The third kappa shape index (κ3) is 4.19. The van der Waals surface area contributed by atoms with Crippen LogP contribution in [0.2, 0.25) is 0 Å². The average molecular weight is 292 g/mol. The van der Waals surface area contributed by atoms with Crippen molar-refractivity contribution in [2.75, 3.05) is 39.9 Å². The summed E-state index contributed by atoms with van der Waals surface area (Å²) < 4.78 is 11.8. The first-order valence-electron chi connectivity index (χ1n) is 8.02. The first-order valence-corrected chi connectivity index (χ1v) is 8.02. The smallest absolute Gasteiger partial charge is 0.124 e. The molecule has 1 aliphatic heterocycles. The summed E-state index contributed by atoms with van der Waals surface area (Å²) in [6.45, 7) is 8.55. The molecule has 0 aromatic heterocycles. The lowest BCUT2D eigenvalue weighted by Gasteiger charge is -2.40. The summed E-state index contributed by atoms with van der Waals surface area (Å²) >= 11 is 0. The maximum Gasteiger partial charge on any atom is 0.124 e. The summed E-state index contributed by atoms with van der Waals surface area (Å²) in [4.78, 5) is 2.37. The summed E-state index contributed by atoms with van der Waals surface area (Å²) in [6.07, 6.45) is 1.31. The van der Waals surface area contributed by atoms with Gasteiger partial charge in [-0.25, -0.2) is 0 Å². The van der Waals surface area contributed by atoms with E-state index in [1.807, 2.05) is 13.0 Å². The molecular weight excluding hydrogens is 264 g/mol. The van der Waals surface area contributed by atoms with Crippen molar-refractivity contribution in [1.82, 2.24) is 10.2 Å². The molecule has 1 aromatic carbocycles. The quantitative estimate of drug-likeness (QED) is 0.783. The molecule has 1 fully saturated rings. The number of benzene rings is 1. The Hall–Kier alpha value is -1.10. The fraction of sp³-hybridized carbons (Fsp3) is 0.647. The van der Waals surface area contributed by atoms with Gasteiger partial charge in [0.15, 0.2) is 0 Å². The highest BCUT2D eigenvalue weighted by molar-refractivity contribution is 5.37. The number of nitrogens with one attached hydrogen (secondary N) is 1. The highest BCUT2D eigenvalue weighted by Gasteiger charge is 2.32. The molecule has 21 heavy (non-hydrogen) atoms. The number of hydrogen-bond donors (Lipinski definition) is 1. The second-order valence-corrected chi connectivity index (χ2v) is 5.51. The van der Waals surface area contributed by atoms with Gasteiger partial charge in [0.1, 0.15) is 5.75 Å². The van der Waals surface area contributed by atoms with E-state index >= 15 is 0 Å². The normalized spacial score (nSPS) is 23.2. The van der Waals surface area contributed by atoms with Gasteiger partial charge in [-0.1, -0.05) is 25.1 Å². The molecule has 1 aromatic rings. The van der Waals surface area contributed by atoms with Gasteiger partial charge >= 0.3 is 0 Å². The minimum Gasteiger partial charge on any atom is -0.494 e. The highest BCUT2D eigenvalue weighted by Crippen LogP contribution is 2.34. The molecule has 0 amide bonds. The average Bonchev–Trinajstić information content (AvgIpc) is 2.49. The molecule has 0 bridgehead atoms. The maximum absolute atomic E-state index is 6.04. The molecule has 1 aliphatic rings. The zero-order chi connectivity index (χ0) is 15.1. The number of para-hydroxylation sites is 1. The monoisotopic (exact) mass is 292 g/mol. The second kappa shape index (κ2) is 8.37. The molecule has 118 valence electrons. The Bertz CT molecular complexity index is 425. The lowest BCUT2D eigenvalue weighted by atomic mass is 9.97. The molecule has 1 heterocycles. The van der Waals surface area contributed by atoms with E-state index in [0.717, 1.165) is 38.4 Å². The zero-order valence-corrected chi connectivity index (χ0v) is 13.5. The van der Waals surface area contributed by atoms with Crippen LogP contribution < -0.4 is 10.1 Å². The minimum absolute atomic E-state index is 0.164. The van der Waals surface area contributed by atoms with Crippen LogP contribution in [0.25, 0.3) is 0 Å². The van der Waals surface area contributed by atoms with E-state index in [1.54, 1.807) is 0 Å². The van der Waals surface area contributed by atoms with Gasteiger partial charge in [-0.15, -0.1) is 0 Å². The molecule has 2 rings (SSSR count). The van der Waals surface area contributed by atoms with E-state index in [4.69, 9.17) is 9.47 Å². The van der Waals surface area contributed by atoms with Crippen LogP contribution in [0.5, 0.6) is 5.75 Å². The van der Waals surface area contributed by atoms with Gasteiger partial charge in [0, 0.05) is 18.7 Å². The van der Waals surface area contributed by atoms with E-state index < -0.39 is 0 Å². The van der Waals surface area contributed by atoms with Crippen molar-refractivity contribution in [2.45, 2.75) is 32.4 Å².